The number of benzene rings is 3. The Kier molecular flexibility index (Phi) is 5.38. The Morgan fingerprint density at radius 3 is 2.52 bits per heavy atom. The molecule has 5 rings (SSSR count). The number of amides is 1. The van der Waals surface area contributed by atoms with Crippen LogP contribution >= 0.6 is 23.8 Å². The van der Waals surface area contributed by atoms with Crippen molar-refractivity contribution in [2.24, 2.45) is 5.92 Å². The first-order valence-corrected chi connectivity index (χ1v) is 11.3. The minimum atomic E-state index is -1.08. The highest BCUT2D eigenvalue weighted by molar-refractivity contribution is 7.80. The quantitative estimate of drug-likeness (QED) is 0.505. The summed E-state index contributed by atoms with van der Waals surface area (Å²) in [6.07, 6.45) is 0. The maximum Gasteiger partial charge on any atom is 0.236 e. The van der Waals surface area contributed by atoms with Gasteiger partial charge in [0.2, 0.25) is 5.91 Å². The molecule has 3 aromatic carbocycles. The summed E-state index contributed by atoms with van der Waals surface area (Å²) in [6.45, 7) is 1.90. The Hall–Kier alpha value is -3.29. The summed E-state index contributed by atoms with van der Waals surface area (Å²) in [4.78, 5) is 15.6. The lowest BCUT2D eigenvalue weighted by molar-refractivity contribution is -0.130. The Morgan fingerprint density at radius 1 is 1.12 bits per heavy atom. The third-order valence-electron chi connectivity index (χ3n) is 6.13. The van der Waals surface area contributed by atoms with Gasteiger partial charge < -0.3 is 20.1 Å². The number of rotatable bonds is 4. The van der Waals surface area contributed by atoms with Gasteiger partial charge in [0.15, 0.2) is 10.8 Å². The van der Waals surface area contributed by atoms with Gasteiger partial charge >= 0.3 is 0 Å². The van der Waals surface area contributed by atoms with Crippen LogP contribution in [0.25, 0.3) is 0 Å². The van der Waals surface area contributed by atoms with Crippen LogP contribution in [-0.2, 0) is 4.79 Å². The number of para-hydroxylation sites is 1. The van der Waals surface area contributed by atoms with Gasteiger partial charge in [-0.3, -0.25) is 9.69 Å². The van der Waals surface area contributed by atoms with E-state index in [1.54, 1.807) is 31.4 Å². The Balaban J connectivity index is 1.59. The molecule has 8 heteroatoms. The number of nitrogens with one attached hydrogen (secondary N) is 2. The standard InChI is InChI=1S/C25H22ClN3O3S/c1-25-21(23(30)27-16-9-7-15(26)8-10-16)22(19-5-3-4-6-20(19)32-25)28-24(33)29(25)17-11-13-18(31-2)14-12-17/h3-14,21-22H,1-2H3,(H,27,30)(H,28,33). The molecule has 168 valence electrons. The fraction of sp³-hybridized carbons (Fsp3) is 0.200. The van der Waals surface area contributed by atoms with Crippen molar-refractivity contribution in [2.45, 2.75) is 18.7 Å². The average Bonchev–Trinajstić information content (AvgIpc) is 2.80. The van der Waals surface area contributed by atoms with Crippen molar-refractivity contribution in [3.63, 3.8) is 0 Å². The Bertz CT molecular complexity index is 1220. The van der Waals surface area contributed by atoms with Crippen molar-refractivity contribution in [2.75, 3.05) is 17.3 Å². The van der Waals surface area contributed by atoms with Crippen LogP contribution in [0.1, 0.15) is 18.5 Å². The largest absolute Gasteiger partial charge is 0.497 e. The normalized spacial score (nSPS) is 23.1. The molecule has 3 atom stereocenters. The van der Waals surface area contributed by atoms with Gasteiger partial charge in [0.1, 0.15) is 17.4 Å². The van der Waals surface area contributed by atoms with Crippen molar-refractivity contribution in [1.29, 1.82) is 0 Å². The van der Waals surface area contributed by atoms with Crippen LogP contribution in [0.3, 0.4) is 0 Å². The molecule has 0 aromatic heterocycles. The fourth-order valence-electron chi connectivity index (χ4n) is 4.60. The summed E-state index contributed by atoms with van der Waals surface area (Å²) >= 11 is 11.8. The number of halogens is 1. The number of carbonyl (C=O) groups excluding carboxylic acids is 1. The van der Waals surface area contributed by atoms with Crippen LogP contribution in [-0.4, -0.2) is 23.9 Å². The van der Waals surface area contributed by atoms with Gasteiger partial charge in [0.05, 0.1) is 13.2 Å². The number of hydrogen-bond acceptors (Lipinski definition) is 4. The summed E-state index contributed by atoms with van der Waals surface area (Å²) in [6, 6.07) is 21.9. The van der Waals surface area contributed by atoms with Crippen LogP contribution in [0.15, 0.2) is 72.8 Å². The highest BCUT2D eigenvalue weighted by atomic mass is 35.5. The van der Waals surface area contributed by atoms with Crippen molar-refractivity contribution in [1.82, 2.24) is 5.32 Å². The lowest BCUT2D eigenvalue weighted by atomic mass is 9.78. The van der Waals surface area contributed by atoms with E-state index in [4.69, 9.17) is 33.3 Å². The first kappa shape index (κ1) is 21.6. The Morgan fingerprint density at radius 2 is 1.82 bits per heavy atom. The molecule has 3 aromatic rings. The van der Waals surface area contributed by atoms with E-state index < -0.39 is 11.6 Å². The van der Waals surface area contributed by atoms with E-state index in [1.165, 1.54) is 0 Å². The summed E-state index contributed by atoms with van der Waals surface area (Å²) in [5, 5.41) is 7.50. The molecule has 1 amide bonds. The predicted octanol–water partition coefficient (Wildman–Crippen LogP) is 5.15. The second-order valence-corrected chi connectivity index (χ2v) is 8.95. The molecule has 2 aliphatic heterocycles. The van der Waals surface area contributed by atoms with E-state index in [-0.39, 0.29) is 11.9 Å². The van der Waals surface area contributed by atoms with Crippen molar-refractivity contribution >= 4 is 46.2 Å². The molecule has 0 saturated carbocycles. The molecule has 0 spiro atoms. The lowest BCUT2D eigenvalue weighted by Crippen LogP contribution is -2.72. The molecule has 1 saturated heterocycles. The summed E-state index contributed by atoms with van der Waals surface area (Å²) in [5.41, 5.74) is 1.26. The SMILES string of the molecule is COc1ccc(N2C(=S)NC3c4ccccc4OC2(C)C3C(=O)Nc2ccc(Cl)cc2)cc1. The summed E-state index contributed by atoms with van der Waals surface area (Å²) in [7, 11) is 1.62. The molecule has 6 nitrogen and oxygen atoms in total. The maximum atomic E-state index is 13.7. The molecule has 2 bridgehead atoms. The highest BCUT2D eigenvalue weighted by Crippen LogP contribution is 2.49. The summed E-state index contributed by atoms with van der Waals surface area (Å²) in [5.74, 6) is 0.642. The second kappa shape index (κ2) is 8.24. The number of methoxy groups -OCH3 is 1. The van der Waals surface area contributed by atoms with Gasteiger partial charge in [-0.05, 0) is 73.7 Å². The molecule has 0 radical (unpaired) electrons. The van der Waals surface area contributed by atoms with Crippen molar-refractivity contribution in [3.05, 3.63) is 83.4 Å². The van der Waals surface area contributed by atoms with Gasteiger partial charge in [0.25, 0.3) is 0 Å². The van der Waals surface area contributed by atoms with Gasteiger partial charge in [-0.1, -0.05) is 29.8 Å². The molecular formula is C25H22ClN3O3S. The first-order valence-electron chi connectivity index (χ1n) is 10.5. The minimum absolute atomic E-state index is 0.187. The van der Waals surface area contributed by atoms with Gasteiger partial charge in [-0.15, -0.1) is 0 Å². The van der Waals surface area contributed by atoms with Gasteiger partial charge in [0, 0.05) is 22.0 Å². The number of nitrogens with zero attached hydrogens (tertiary/aromatic N) is 1. The third kappa shape index (κ3) is 3.67. The zero-order chi connectivity index (χ0) is 23.2. The number of hydrogen-bond donors (Lipinski definition) is 2. The van der Waals surface area contributed by atoms with Crippen LogP contribution in [0.2, 0.25) is 5.02 Å². The molecule has 0 aliphatic carbocycles. The van der Waals surface area contributed by atoms with Crippen molar-refractivity contribution in [3.8, 4) is 11.5 Å². The zero-order valence-corrected chi connectivity index (χ0v) is 19.6. The minimum Gasteiger partial charge on any atom is -0.497 e. The molecule has 2 heterocycles. The van der Waals surface area contributed by atoms with E-state index in [2.05, 4.69) is 10.6 Å². The van der Waals surface area contributed by atoms with Crippen molar-refractivity contribution < 1.29 is 14.3 Å². The van der Waals surface area contributed by atoms with E-state index in [0.29, 0.717) is 21.6 Å². The smallest absolute Gasteiger partial charge is 0.236 e. The molecule has 2 N–H and O–H groups in total. The van der Waals surface area contributed by atoms with Gasteiger partial charge in [-0.2, -0.15) is 0 Å². The highest BCUT2D eigenvalue weighted by Gasteiger charge is 2.59. The van der Waals surface area contributed by atoms with E-state index in [9.17, 15) is 4.79 Å². The zero-order valence-electron chi connectivity index (χ0n) is 18.0. The molecule has 2 aliphatic rings. The number of carbonyl (C=O) groups is 1. The fourth-order valence-corrected chi connectivity index (χ4v) is 5.14. The number of fused-ring (bicyclic) bond motifs is 4. The second-order valence-electron chi connectivity index (χ2n) is 8.13. The third-order valence-corrected chi connectivity index (χ3v) is 6.68. The molecule has 33 heavy (non-hydrogen) atoms. The van der Waals surface area contributed by atoms with Crippen LogP contribution in [0, 0.1) is 5.92 Å². The number of anilines is 2. The Labute approximate surface area is 202 Å². The van der Waals surface area contributed by atoms with E-state index in [0.717, 1.165) is 17.0 Å². The first-order chi connectivity index (χ1) is 15.9. The average molecular weight is 480 g/mol. The van der Waals surface area contributed by atoms with Crippen LogP contribution in [0.4, 0.5) is 11.4 Å². The maximum absolute atomic E-state index is 13.7. The molecular weight excluding hydrogens is 458 g/mol. The predicted molar refractivity (Wildman–Crippen MR) is 133 cm³/mol. The topological polar surface area (TPSA) is 62.8 Å². The van der Waals surface area contributed by atoms with Gasteiger partial charge in [-0.25, -0.2) is 0 Å². The van der Waals surface area contributed by atoms with Crippen LogP contribution in [0.5, 0.6) is 11.5 Å². The van der Waals surface area contributed by atoms with E-state index >= 15 is 0 Å². The summed E-state index contributed by atoms with van der Waals surface area (Å²) < 4.78 is 11.9. The van der Waals surface area contributed by atoms with E-state index in [1.807, 2.05) is 60.4 Å². The molecule has 3 unspecified atom stereocenters. The molecule has 1 fully saturated rings. The monoisotopic (exact) mass is 479 g/mol. The lowest BCUT2D eigenvalue weighted by Gasteiger charge is -2.56. The van der Waals surface area contributed by atoms with Crippen LogP contribution < -0.4 is 25.0 Å². The number of ether oxygens (including phenoxy) is 2. The number of thiocarbonyl (C=S) groups is 1.